The fourth-order valence-electron chi connectivity index (χ4n) is 2.66. The van der Waals surface area contributed by atoms with Crippen molar-refractivity contribution in [3.05, 3.63) is 12.3 Å². The summed E-state index contributed by atoms with van der Waals surface area (Å²) in [6.07, 6.45) is -1.07. The Labute approximate surface area is 119 Å². The first-order chi connectivity index (χ1) is 9.33. The van der Waals surface area contributed by atoms with Crippen LogP contribution < -0.4 is 0 Å². The number of rotatable bonds is 4. The third-order valence-electron chi connectivity index (χ3n) is 3.53. The van der Waals surface area contributed by atoms with Gasteiger partial charge in [0, 0.05) is 14.2 Å². The maximum atomic E-state index is 5.97. The normalized spacial score (nSPS) is 40.0. The molecule has 0 radical (unpaired) electrons. The van der Waals surface area contributed by atoms with E-state index in [2.05, 4.69) is 6.58 Å². The fraction of sp³-hybridized carbons (Fsp3) is 0.857. The number of allylic oxidation sites excluding steroid dienone is 1. The van der Waals surface area contributed by atoms with E-state index in [0.29, 0.717) is 12.4 Å². The van der Waals surface area contributed by atoms with Crippen LogP contribution in [0.25, 0.3) is 0 Å². The molecule has 2 saturated heterocycles. The van der Waals surface area contributed by atoms with Crippen molar-refractivity contribution < 1.29 is 28.4 Å². The van der Waals surface area contributed by atoms with Crippen molar-refractivity contribution in [2.45, 2.75) is 50.7 Å². The molecule has 116 valence electrons. The molecule has 20 heavy (non-hydrogen) atoms. The molecule has 0 unspecified atom stereocenters. The Morgan fingerprint density at radius 1 is 1.20 bits per heavy atom. The van der Waals surface area contributed by atoms with Gasteiger partial charge in [-0.05, 0) is 20.8 Å². The molecule has 0 aliphatic carbocycles. The van der Waals surface area contributed by atoms with E-state index in [1.807, 2.05) is 13.8 Å². The molecule has 2 aliphatic rings. The van der Waals surface area contributed by atoms with Gasteiger partial charge in [-0.1, -0.05) is 6.58 Å². The van der Waals surface area contributed by atoms with E-state index < -0.39 is 17.7 Å². The van der Waals surface area contributed by atoms with E-state index in [9.17, 15) is 0 Å². The first-order valence-electron chi connectivity index (χ1n) is 6.69. The van der Waals surface area contributed by atoms with Gasteiger partial charge in [-0.2, -0.15) is 0 Å². The zero-order valence-corrected chi connectivity index (χ0v) is 12.8. The lowest BCUT2D eigenvalue weighted by molar-refractivity contribution is -0.344. The van der Waals surface area contributed by atoms with Gasteiger partial charge in [0.1, 0.15) is 18.8 Å². The lowest BCUT2D eigenvalue weighted by Crippen LogP contribution is -2.64. The maximum absolute atomic E-state index is 5.97. The summed E-state index contributed by atoms with van der Waals surface area (Å²) >= 11 is 0. The van der Waals surface area contributed by atoms with Gasteiger partial charge < -0.3 is 28.4 Å². The highest BCUT2D eigenvalue weighted by atomic mass is 16.8. The van der Waals surface area contributed by atoms with Crippen molar-refractivity contribution in [1.82, 2.24) is 0 Å². The standard InChI is InChI=1S/C14H24O6/c1-9(2)19-12-11(16-6)10(15-5)7-17-14(12)8-18-13(3,4)20-14/h10-12H,1,7-8H2,2-6H3/t10-,11-,12-,14+/m1/s1. The SMILES string of the molecule is C=C(C)O[C@@H]1[C@H](OC)[C@H](OC)CO[C@]12COC(C)(C)O2. The van der Waals surface area contributed by atoms with Gasteiger partial charge in [0.2, 0.25) is 5.79 Å². The summed E-state index contributed by atoms with van der Waals surface area (Å²) in [4.78, 5) is 0. The van der Waals surface area contributed by atoms with E-state index in [4.69, 9.17) is 28.4 Å². The summed E-state index contributed by atoms with van der Waals surface area (Å²) in [5.74, 6) is -1.17. The minimum atomic E-state index is -1.00. The molecule has 0 amide bonds. The van der Waals surface area contributed by atoms with Gasteiger partial charge in [-0.3, -0.25) is 0 Å². The highest BCUT2D eigenvalue weighted by Gasteiger charge is 2.60. The Kier molecular flexibility index (Phi) is 4.41. The van der Waals surface area contributed by atoms with Crippen LogP contribution in [-0.2, 0) is 28.4 Å². The maximum Gasteiger partial charge on any atom is 0.235 e. The van der Waals surface area contributed by atoms with Gasteiger partial charge in [0.25, 0.3) is 0 Å². The molecule has 0 aromatic carbocycles. The Morgan fingerprint density at radius 3 is 2.35 bits per heavy atom. The molecule has 6 heteroatoms. The molecule has 2 rings (SSSR count). The second-order valence-corrected chi connectivity index (χ2v) is 5.63. The topological polar surface area (TPSA) is 55.4 Å². The van der Waals surface area contributed by atoms with Crippen LogP contribution >= 0.6 is 0 Å². The van der Waals surface area contributed by atoms with E-state index in [0.717, 1.165) is 0 Å². The summed E-state index contributed by atoms with van der Waals surface area (Å²) in [5.41, 5.74) is 0. The molecular formula is C14H24O6. The zero-order chi connectivity index (χ0) is 15.0. The smallest absolute Gasteiger partial charge is 0.235 e. The van der Waals surface area contributed by atoms with Crippen LogP contribution in [0.3, 0.4) is 0 Å². The van der Waals surface area contributed by atoms with Crippen LogP contribution in [0.1, 0.15) is 20.8 Å². The van der Waals surface area contributed by atoms with Gasteiger partial charge in [-0.25, -0.2) is 0 Å². The Morgan fingerprint density at radius 2 is 1.90 bits per heavy atom. The first kappa shape index (κ1) is 15.7. The van der Waals surface area contributed by atoms with Gasteiger partial charge in [0.15, 0.2) is 11.9 Å². The number of ether oxygens (including phenoxy) is 6. The lowest BCUT2D eigenvalue weighted by atomic mass is 9.96. The van der Waals surface area contributed by atoms with Gasteiger partial charge in [-0.15, -0.1) is 0 Å². The van der Waals surface area contributed by atoms with Crippen LogP contribution in [0.2, 0.25) is 0 Å². The fourth-order valence-corrected chi connectivity index (χ4v) is 2.66. The summed E-state index contributed by atoms with van der Waals surface area (Å²) in [5, 5.41) is 0. The Hall–Kier alpha value is -0.660. The number of hydrogen-bond acceptors (Lipinski definition) is 6. The van der Waals surface area contributed by atoms with Crippen molar-refractivity contribution in [3.8, 4) is 0 Å². The van der Waals surface area contributed by atoms with Crippen LogP contribution in [0.15, 0.2) is 12.3 Å². The van der Waals surface area contributed by atoms with E-state index >= 15 is 0 Å². The molecule has 2 aliphatic heterocycles. The predicted octanol–water partition coefficient (Wildman–Crippen LogP) is 1.44. The van der Waals surface area contributed by atoms with Crippen molar-refractivity contribution in [3.63, 3.8) is 0 Å². The quantitative estimate of drug-likeness (QED) is 0.730. The van der Waals surface area contributed by atoms with Crippen molar-refractivity contribution in [2.75, 3.05) is 27.4 Å². The number of methoxy groups -OCH3 is 2. The van der Waals surface area contributed by atoms with E-state index in [-0.39, 0.29) is 18.8 Å². The molecule has 0 aromatic rings. The minimum absolute atomic E-state index is 0.234. The predicted molar refractivity (Wildman–Crippen MR) is 71.1 cm³/mol. The van der Waals surface area contributed by atoms with Crippen molar-refractivity contribution in [2.24, 2.45) is 0 Å². The highest BCUT2D eigenvalue weighted by Crippen LogP contribution is 2.41. The van der Waals surface area contributed by atoms with Crippen molar-refractivity contribution in [1.29, 1.82) is 0 Å². The second kappa shape index (κ2) is 5.61. The third-order valence-corrected chi connectivity index (χ3v) is 3.53. The second-order valence-electron chi connectivity index (χ2n) is 5.63. The molecule has 2 heterocycles. The molecule has 6 nitrogen and oxygen atoms in total. The Bertz CT molecular complexity index is 369. The van der Waals surface area contributed by atoms with Crippen LogP contribution in [0.4, 0.5) is 0 Å². The zero-order valence-electron chi connectivity index (χ0n) is 12.8. The molecule has 0 bridgehead atoms. The molecule has 1 spiro atoms. The molecule has 0 aromatic heterocycles. The largest absolute Gasteiger partial charge is 0.487 e. The van der Waals surface area contributed by atoms with E-state index in [1.165, 1.54) is 0 Å². The summed E-state index contributed by atoms with van der Waals surface area (Å²) in [6, 6.07) is 0. The molecular weight excluding hydrogens is 264 g/mol. The van der Waals surface area contributed by atoms with Gasteiger partial charge in [0.05, 0.1) is 12.4 Å². The summed E-state index contributed by atoms with van der Waals surface area (Å²) < 4.78 is 34.3. The summed E-state index contributed by atoms with van der Waals surface area (Å²) in [6.45, 7) is 9.87. The van der Waals surface area contributed by atoms with Crippen molar-refractivity contribution >= 4 is 0 Å². The third kappa shape index (κ3) is 2.84. The van der Waals surface area contributed by atoms with E-state index in [1.54, 1.807) is 21.1 Å². The van der Waals surface area contributed by atoms with Crippen LogP contribution in [0, 0.1) is 0 Å². The lowest BCUT2D eigenvalue weighted by Gasteiger charge is -2.46. The average molecular weight is 288 g/mol. The Balaban J connectivity index is 2.28. The monoisotopic (exact) mass is 288 g/mol. The minimum Gasteiger partial charge on any atom is -0.487 e. The van der Waals surface area contributed by atoms with Crippen LogP contribution in [0.5, 0.6) is 0 Å². The molecule has 2 fully saturated rings. The number of hydrogen-bond donors (Lipinski definition) is 0. The van der Waals surface area contributed by atoms with Crippen LogP contribution in [-0.4, -0.2) is 57.3 Å². The molecule has 4 atom stereocenters. The van der Waals surface area contributed by atoms with Gasteiger partial charge >= 0.3 is 0 Å². The summed E-state index contributed by atoms with van der Waals surface area (Å²) in [7, 11) is 3.23. The average Bonchev–Trinajstić information content (AvgIpc) is 2.68. The highest BCUT2D eigenvalue weighted by molar-refractivity contribution is 5.00. The molecule has 0 saturated carbocycles. The first-order valence-corrected chi connectivity index (χ1v) is 6.69. The molecule has 0 N–H and O–H groups in total.